The first-order valence-corrected chi connectivity index (χ1v) is 9.35. The molecule has 0 fully saturated rings. The van der Waals surface area contributed by atoms with Crippen LogP contribution < -0.4 is 9.47 Å². The number of hydrogen-bond donors (Lipinski definition) is 0. The number of benzene rings is 2. The number of carbonyl (C=O) groups excluding carboxylic acids is 2. The lowest BCUT2D eigenvalue weighted by molar-refractivity contribution is -0.162. The molecule has 180 valence electrons. The first-order valence-electron chi connectivity index (χ1n) is 9.35. The van der Waals surface area contributed by atoms with Crippen LogP contribution in [0.1, 0.15) is 37.8 Å². The first-order chi connectivity index (χ1) is 15.2. The van der Waals surface area contributed by atoms with Crippen molar-refractivity contribution in [1.82, 2.24) is 0 Å². The summed E-state index contributed by atoms with van der Waals surface area (Å²) in [6, 6.07) is 3.79. The van der Waals surface area contributed by atoms with Crippen LogP contribution in [0.15, 0.2) is 36.4 Å². The van der Waals surface area contributed by atoms with Crippen molar-refractivity contribution in [2.75, 3.05) is 0 Å². The Hall–Kier alpha value is -3.18. The standard InChI is InChI=1S/C21H16F8O4/c1-3-19(4-2,17(30)32-13-9-5-7-11(15(13)22)20(24,25)26)18(31)33-14-10-6-8-12(16(14)23)21(27,28)29/h5-10H,3-4H2,1-2H3. The highest BCUT2D eigenvalue weighted by atomic mass is 19.4. The summed E-state index contributed by atoms with van der Waals surface area (Å²) in [6.07, 6.45) is -11.0. The van der Waals surface area contributed by atoms with E-state index in [0.717, 1.165) is 24.3 Å². The minimum atomic E-state index is -5.10. The summed E-state index contributed by atoms with van der Waals surface area (Å²) in [7, 11) is 0. The number of rotatable bonds is 6. The van der Waals surface area contributed by atoms with Crippen LogP contribution in [0.25, 0.3) is 0 Å². The summed E-state index contributed by atoms with van der Waals surface area (Å²) in [4.78, 5) is 25.4. The molecule has 0 saturated carbocycles. The highest BCUT2D eigenvalue weighted by Crippen LogP contribution is 2.38. The molecule has 0 N–H and O–H groups in total. The molecule has 0 spiro atoms. The minimum absolute atomic E-state index is 0.400. The van der Waals surface area contributed by atoms with Crippen LogP contribution >= 0.6 is 0 Å². The fourth-order valence-corrected chi connectivity index (χ4v) is 2.92. The first kappa shape index (κ1) is 26.1. The average molecular weight is 484 g/mol. The second-order valence-corrected chi connectivity index (χ2v) is 6.80. The van der Waals surface area contributed by atoms with Crippen LogP contribution in [-0.2, 0) is 21.9 Å². The van der Waals surface area contributed by atoms with Crippen molar-refractivity contribution in [3.8, 4) is 11.5 Å². The van der Waals surface area contributed by atoms with Crippen LogP contribution in [0, 0.1) is 17.0 Å². The van der Waals surface area contributed by atoms with Crippen molar-refractivity contribution >= 4 is 11.9 Å². The Kier molecular flexibility index (Phi) is 7.39. The quantitative estimate of drug-likeness (QED) is 0.209. The van der Waals surface area contributed by atoms with Crippen LogP contribution in [0.3, 0.4) is 0 Å². The molecule has 2 rings (SSSR count). The maximum Gasteiger partial charge on any atom is 0.419 e. The second kappa shape index (κ2) is 9.36. The maximum absolute atomic E-state index is 14.2. The van der Waals surface area contributed by atoms with Gasteiger partial charge in [0.15, 0.2) is 28.5 Å². The third-order valence-corrected chi connectivity index (χ3v) is 4.93. The van der Waals surface area contributed by atoms with Gasteiger partial charge in [0.2, 0.25) is 0 Å². The molecule has 12 heteroatoms. The minimum Gasteiger partial charge on any atom is -0.423 e. The zero-order valence-corrected chi connectivity index (χ0v) is 17.0. The van der Waals surface area contributed by atoms with Gasteiger partial charge in [0, 0.05) is 0 Å². The van der Waals surface area contributed by atoms with Crippen molar-refractivity contribution in [3.05, 3.63) is 59.2 Å². The average Bonchev–Trinajstić information content (AvgIpc) is 2.70. The SMILES string of the molecule is CCC(CC)(C(=O)Oc1cccc(C(F)(F)F)c1F)C(=O)Oc1cccc(C(F)(F)F)c1F. The van der Waals surface area contributed by atoms with Crippen molar-refractivity contribution in [3.63, 3.8) is 0 Å². The predicted molar refractivity (Wildman–Crippen MR) is 97.1 cm³/mol. The third-order valence-electron chi connectivity index (χ3n) is 4.93. The summed E-state index contributed by atoms with van der Waals surface area (Å²) < 4.78 is 115. The molecule has 4 nitrogen and oxygen atoms in total. The highest BCUT2D eigenvalue weighted by Gasteiger charge is 2.48. The lowest BCUT2D eigenvalue weighted by Crippen LogP contribution is -2.44. The molecule has 33 heavy (non-hydrogen) atoms. The molecule has 0 saturated heterocycles. The predicted octanol–water partition coefficient (Wildman–Crippen LogP) is 6.32. The number of alkyl halides is 6. The van der Waals surface area contributed by atoms with Gasteiger partial charge in [-0.1, -0.05) is 26.0 Å². The third kappa shape index (κ3) is 5.25. The van der Waals surface area contributed by atoms with E-state index in [1.165, 1.54) is 13.8 Å². The maximum atomic E-state index is 14.2. The molecule has 2 aromatic carbocycles. The molecule has 0 aliphatic heterocycles. The van der Waals surface area contributed by atoms with Gasteiger partial charge in [0.1, 0.15) is 0 Å². The van der Waals surface area contributed by atoms with Gasteiger partial charge < -0.3 is 9.47 Å². The van der Waals surface area contributed by atoms with E-state index < -0.39 is 76.8 Å². The smallest absolute Gasteiger partial charge is 0.419 e. The Morgan fingerprint density at radius 3 is 1.30 bits per heavy atom. The van der Waals surface area contributed by atoms with E-state index in [1.54, 1.807) is 0 Å². The Morgan fingerprint density at radius 1 is 0.697 bits per heavy atom. The van der Waals surface area contributed by atoms with Crippen LogP contribution in [0.2, 0.25) is 0 Å². The van der Waals surface area contributed by atoms with Gasteiger partial charge in [0.05, 0.1) is 11.1 Å². The van der Waals surface area contributed by atoms with Gasteiger partial charge in [-0.2, -0.15) is 26.3 Å². The van der Waals surface area contributed by atoms with Gasteiger partial charge in [0.25, 0.3) is 0 Å². The second-order valence-electron chi connectivity index (χ2n) is 6.80. The van der Waals surface area contributed by atoms with Gasteiger partial charge in [-0.25, -0.2) is 8.78 Å². The number of hydrogen-bond acceptors (Lipinski definition) is 4. The van der Waals surface area contributed by atoms with Gasteiger partial charge in [-0.05, 0) is 37.1 Å². The van der Waals surface area contributed by atoms with E-state index >= 15 is 0 Å². The Morgan fingerprint density at radius 2 is 1.03 bits per heavy atom. The topological polar surface area (TPSA) is 52.6 Å². The number of esters is 2. The van der Waals surface area contributed by atoms with Crippen LogP contribution in [-0.4, -0.2) is 11.9 Å². The molecule has 0 heterocycles. The molecule has 0 aliphatic rings. The molecule has 0 amide bonds. The molecule has 0 atom stereocenters. The van der Waals surface area contributed by atoms with Crippen molar-refractivity contribution < 1.29 is 54.2 Å². The molecular weight excluding hydrogens is 468 g/mol. The van der Waals surface area contributed by atoms with Crippen LogP contribution in [0.5, 0.6) is 11.5 Å². The van der Waals surface area contributed by atoms with Crippen molar-refractivity contribution in [1.29, 1.82) is 0 Å². The molecule has 2 aromatic rings. The van der Waals surface area contributed by atoms with Gasteiger partial charge in [-0.3, -0.25) is 9.59 Å². The monoisotopic (exact) mass is 484 g/mol. The summed E-state index contributed by atoms with van der Waals surface area (Å²) in [6.45, 7) is 2.55. The summed E-state index contributed by atoms with van der Waals surface area (Å²) >= 11 is 0. The van der Waals surface area contributed by atoms with E-state index in [1.807, 2.05) is 0 Å². The zero-order chi connectivity index (χ0) is 25.2. The zero-order valence-electron chi connectivity index (χ0n) is 17.0. The summed E-state index contributed by atoms with van der Waals surface area (Å²) in [5.74, 6) is -9.11. The molecule has 0 aromatic heterocycles. The molecule has 0 unspecified atom stereocenters. The Bertz CT molecular complexity index is 960. The number of carbonyl (C=O) groups is 2. The Labute approximate surface area is 182 Å². The van der Waals surface area contributed by atoms with Gasteiger partial charge >= 0.3 is 24.3 Å². The van der Waals surface area contributed by atoms with E-state index in [2.05, 4.69) is 0 Å². The molecule has 0 bridgehead atoms. The number of ether oxygens (including phenoxy) is 2. The largest absolute Gasteiger partial charge is 0.423 e. The van der Waals surface area contributed by atoms with E-state index in [4.69, 9.17) is 9.47 Å². The lowest BCUT2D eigenvalue weighted by Gasteiger charge is -2.27. The number of halogens is 8. The molecule has 0 aliphatic carbocycles. The molecule has 0 radical (unpaired) electrons. The fourth-order valence-electron chi connectivity index (χ4n) is 2.92. The Balaban J connectivity index is 2.39. The van der Waals surface area contributed by atoms with E-state index in [9.17, 15) is 44.7 Å². The molecular formula is C21H16F8O4. The highest BCUT2D eigenvalue weighted by molar-refractivity contribution is 6.01. The van der Waals surface area contributed by atoms with E-state index in [0.29, 0.717) is 12.1 Å². The van der Waals surface area contributed by atoms with E-state index in [-0.39, 0.29) is 0 Å². The summed E-state index contributed by atoms with van der Waals surface area (Å²) in [5, 5.41) is 0. The normalized spacial score (nSPS) is 12.4. The van der Waals surface area contributed by atoms with Crippen molar-refractivity contribution in [2.45, 2.75) is 39.0 Å². The lowest BCUT2D eigenvalue weighted by atomic mass is 9.82. The van der Waals surface area contributed by atoms with Crippen LogP contribution in [0.4, 0.5) is 35.1 Å². The fraction of sp³-hybridized carbons (Fsp3) is 0.333. The van der Waals surface area contributed by atoms with Gasteiger partial charge in [-0.15, -0.1) is 0 Å². The summed E-state index contributed by atoms with van der Waals surface area (Å²) in [5.41, 5.74) is -5.72. The van der Waals surface area contributed by atoms with Crippen molar-refractivity contribution in [2.24, 2.45) is 5.41 Å².